The smallest absolute Gasteiger partial charge is 0.293 e. The lowest BCUT2D eigenvalue weighted by Crippen LogP contribution is -2.55. The van der Waals surface area contributed by atoms with Gasteiger partial charge >= 0.3 is 0 Å². The van der Waals surface area contributed by atoms with Crippen molar-refractivity contribution >= 4 is 29.0 Å². The molecule has 0 unspecified atom stereocenters. The molecule has 23 heavy (non-hydrogen) atoms. The minimum Gasteiger partial charge on any atom is -0.493 e. The summed E-state index contributed by atoms with van der Waals surface area (Å²) in [4.78, 5) is 25.7. The molecule has 0 atom stereocenters. The average Bonchev–Trinajstić information content (AvgIpc) is 2.81. The van der Waals surface area contributed by atoms with Crippen molar-refractivity contribution in [2.24, 2.45) is 0 Å². The lowest BCUT2D eigenvalue weighted by Gasteiger charge is -2.13. The molecule has 0 bridgehead atoms. The number of thioether (sulfide) groups is 1. The van der Waals surface area contributed by atoms with Gasteiger partial charge in [-0.1, -0.05) is 0 Å². The topological polar surface area (TPSA) is 92.7 Å². The van der Waals surface area contributed by atoms with Crippen molar-refractivity contribution in [3.05, 3.63) is 22.6 Å². The van der Waals surface area contributed by atoms with E-state index in [0.717, 1.165) is 11.8 Å². The lowest BCUT2D eigenvalue weighted by molar-refractivity contribution is -0.367. The highest BCUT2D eigenvalue weighted by Crippen LogP contribution is 2.40. The lowest BCUT2D eigenvalue weighted by atomic mass is 10.1. The number of quaternary nitrogens is 1. The Labute approximate surface area is 138 Å². The van der Waals surface area contributed by atoms with Crippen LogP contribution in [0.3, 0.4) is 0 Å². The number of carbonyl (C=O) groups is 2. The van der Waals surface area contributed by atoms with Gasteiger partial charge in [0.25, 0.3) is 11.1 Å². The Morgan fingerprint density at radius 3 is 2.22 bits per heavy atom. The zero-order valence-electron chi connectivity index (χ0n) is 13.3. The maximum absolute atomic E-state index is 12.2. The Hall–Kier alpha value is -2.19. The summed E-state index contributed by atoms with van der Waals surface area (Å²) in [7, 11) is 4.55. The van der Waals surface area contributed by atoms with E-state index in [9.17, 15) is 9.59 Å². The van der Waals surface area contributed by atoms with Gasteiger partial charge < -0.3 is 19.9 Å². The fourth-order valence-corrected chi connectivity index (χ4v) is 3.05. The van der Waals surface area contributed by atoms with Crippen LogP contribution in [0.4, 0.5) is 4.79 Å². The second kappa shape index (κ2) is 7.38. The van der Waals surface area contributed by atoms with Gasteiger partial charge in [0.05, 0.1) is 39.3 Å². The molecular formula is C15H19N2O5S+. The van der Waals surface area contributed by atoms with E-state index >= 15 is 0 Å². The molecule has 1 aromatic rings. The van der Waals surface area contributed by atoms with Crippen molar-refractivity contribution in [3.63, 3.8) is 0 Å². The van der Waals surface area contributed by atoms with Gasteiger partial charge in [0.1, 0.15) is 0 Å². The number of methoxy groups -OCH3 is 3. The number of hydrogen-bond acceptors (Lipinski definition) is 6. The predicted octanol–water partition coefficient (Wildman–Crippen LogP) is 0.991. The number of nitrogens with zero attached hydrogens (tertiary/aromatic N) is 1. The largest absolute Gasteiger partial charge is 0.493 e. The summed E-state index contributed by atoms with van der Waals surface area (Å²) < 4.78 is 15.8. The molecule has 1 fully saturated rings. The van der Waals surface area contributed by atoms with Gasteiger partial charge in [-0.3, -0.25) is 14.5 Å². The number of carbonyl (C=O) groups excluding carboxylic acids is 2. The monoisotopic (exact) mass is 339 g/mol. The number of ether oxygens (including phenoxy) is 3. The van der Waals surface area contributed by atoms with E-state index in [4.69, 9.17) is 14.2 Å². The number of benzene rings is 1. The van der Waals surface area contributed by atoms with Crippen LogP contribution >= 0.6 is 11.8 Å². The number of rotatable bonds is 6. The molecule has 2 rings (SSSR count). The molecule has 1 aromatic carbocycles. The Morgan fingerprint density at radius 1 is 1.13 bits per heavy atom. The van der Waals surface area contributed by atoms with Gasteiger partial charge in [-0.25, -0.2) is 0 Å². The summed E-state index contributed by atoms with van der Waals surface area (Å²) in [6, 6.07) is 3.44. The molecule has 0 radical (unpaired) electrons. The Kier molecular flexibility index (Phi) is 5.51. The zero-order chi connectivity index (χ0) is 17.0. The molecule has 0 saturated carbocycles. The summed E-state index contributed by atoms with van der Waals surface area (Å²) in [5, 5.41) is -0.280. The van der Waals surface area contributed by atoms with Crippen molar-refractivity contribution in [1.29, 1.82) is 0 Å². The second-order valence-corrected chi connectivity index (χ2v) is 5.64. The van der Waals surface area contributed by atoms with Crippen LogP contribution in [0.2, 0.25) is 0 Å². The first-order valence-electron chi connectivity index (χ1n) is 6.90. The Balaban J connectivity index is 2.40. The highest BCUT2D eigenvalue weighted by atomic mass is 32.2. The molecular weight excluding hydrogens is 320 g/mol. The third kappa shape index (κ3) is 3.43. The van der Waals surface area contributed by atoms with Crippen LogP contribution in [0, 0.1) is 0 Å². The molecule has 0 aliphatic carbocycles. The van der Waals surface area contributed by atoms with Crippen LogP contribution in [-0.4, -0.2) is 50.5 Å². The maximum atomic E-state index is 12.2. The van der Waals surface area contributed by atoms with Gasteiger partial charge in [0, 0.05) is 0 Å². The molecule has 3 N–H and O–H groups in total. The quantitative estimate of drug-likeness (QED) is 0.777. The summed E-state index contributed by atoms with van der Waals surface area (Å²) in [6.07, 6.45) is 1.64. The van der Waals surface area contributed by atoms with Crippen LogP contribution in [0.1, 0.15) is 5.56 Å². The molecule has 2 amide bonds. The maximum Gasteiger partial charge on any atom is 0.293 e. The molecule has 7 nitrogen and oxygen atoms in total. The van der Waals surface area contributed by atoms with Crippen LogP contribution < -0.4 is 19.9 Å². The van der Waals surface area contributed by atoms with E-state index < -0.39 is 0 Å². The van der Waals surface area contributed by atoms with Gasteiger partial charge in [0.2, 0.25) is 5.75 Å². The Bertz CT molecular complexity index is 634. The van der Waals surface area contributed by atoms with Crippen molar-refractivity contribution < 1.29 is 29.5 Å². The van der Waals surface area contributed by atoms with Gasteiger partial charge in [-0.2, -0.15) is 0 Å². The number of hydrogen-bond donors (Lipinski definition) is 1. The average molecular weight is 339 g/mol. The minimum atomic E-state index is -0.308. The van der Waals surface area contributed by atoms with Crippen molar-refractivity contribution in [2.75, 3.05) is 34.4 Å². The van der Waals surface area contributed by atoms with Gasteiger partial charge in [0.15, 0.2) is 11.5 Å². The van der Waals surface area contributed by atoms with Crippen LogP contribution in [0.5, 0.6) is 17.2 Å². The zero-order valence-corrected chi connectivity index (χ0v) is 14.1. The number of amides is 2. The minimum absolute atomic E-state index is 0.280. The van der Waals surface area contributed by atoms with Crippen molar-refractivity contribution in [3.8, 4) is 17.2 Å². The fraction of sp³-hybridized carbons (Fsp3) is 0.333. The summed E-state index contributed by atoms with van der Waals surface area (Å²) in [6.45, 7) is 0.798. The molecule has 1 aliphatic rings. The van der Waals surface area contributed by atoms with Crippen molar-refractivity contribution in [1.82, 2.24) is 4.90 Å². The van der Waals surface area contributed by atoms with E-state index in [1.807, 2.05) is 0 Å². The normalized spacial score (nSPS) is 16.2. The van der Waals surface area contributed by atoms with Crippen LogP contribution in [0.15, 0.2) is 17.0 Å². The van der Waals surface area contributed by atoms with Crippen molar-refractivity contribution in [2.45, 2.75) is 0 Å². The van der Waals surface area contributed by atoms with E-state index in [0.29, 0.717) is 40.8 Å². The van der Waals surface area contributed by atoms with E-state index in [2.05, 4.69) is 5.73 Å². The number of imide groups is 1. The summed E-state index contributed by atoms with van der Waals surface area (Å²) in [5.74, 6) is 1.12. The van der Waals surface area contributed by atoms with Crippen LogP contribution in [0.25, 0.3) is 6.08 Å². The summed E-state index contributed by atoms with van der Waals surface area (Å²) in [5.41, 5.74) is 4.35. The first-order valence-corrected chi connectivity index (χ1v) is 7.72. The van der Waals surface area contributed by atoms with Gasteiger partial charge in [-0.15, -0.1) is 0 Å². The molecule has 0 spiro atoms. The second-order valence-electron chi connectivity index (χ2n) is 4.65. The molecule has 0 aromatic heterocycles. The van der Waals surface area contributed by atoms with Gasteiger partial charge in [-0.05, 0) is 35.5 Å². The van der Waals surface area contributed by atoms with Crippen LogP contribution in [-0.2, 0) is 4.79 Å². The first kappa shape index (κ1) is 17.2. The molecule has 1 saturated heterocycles. The van der Waals surface area contributed by atoms with E-state index in [-0.39, 0.29) is 11.1 Å². The van der Waals surface area contributed by atoms with E-state index in [1.165, 1.54) is 26.2 Å². The molecule has 1 aliphatic heterocycles. The third-order valence-corrected chi connectivity index (χ3v) is 4.15. The fourth-order valence-electron chi connectivity index (χ4n) is 2.19. The standard InChI is InChI=1S/C15H18N2O5S/c1-20-10-6-9(7-11(21-2)13(10)22-3)8-12-14(18)17(5-4-16)15(19)23-12/h6-8H,4-5,16H2,1-3H3/p+1/b12-8-. The molecule has 8 heteroatoms. The first-order chi connectivity index (χ1) is 11.0. The Morgan fingerprint density at radius 2 is 1.74 bits per heavy atom. The molecule has 1 heterocycles. The SMILES string of the molecule is COc1cc(/C=C2\SC(=O)N(CC[NH3+])C2=O)cc(OC)c1OC. The molecule has 124 valence electrons. The highest BCUT2D eigenvalue weighted by Gasteiger charge is 2.34. The third-order valence-electron chi connectivity index (χ3n) is 3.24. The highest BCUT2D eigenvalue weighted by molar-refractivity contribution is 8.18. The summed E-state index contributed by atoms with van der Waals surface area (Å²) >= 11 is 0.911. The predicted molar refractivity (Wildman–Crippen MR) is 86.5 cm³/mol. The van der Waals surface area contributed by atoms with E-state index in [1.54, 1.807) is 18.2 Å².